The van der Waals surface area contributed by atoms with Crippen LogP contribution in [0.4, 0.5) is 13.2 Å². The van der Waals surface area contributed by atoms with Gasteiger partial charge in [0.25, 0.3) is 0 Å². The molecule has 0 bridgehead atoms. The molecule has 2 aromatic carbocycles. The summed E-state index contributed by atoms with van der Waals surface area (Å²) in [5.74, 6) is 0.146. The molecule has 26 heavy (non-hydrogen) atoms. The van der Waals surface area contributed by atoms with Crippen LogP contribution < -0.4 is 4.74 Å². The maximum absolute atomic E-state index is 15.3. The number of hydrogen-bond donors (Lipinski definition) is 0. The molecule has 0 amide bonds. The van der Waals surface area contributed by atoms with Gasteiger partial charge in [0.05, 0.1) is 0 Å². The van der Waals surface area contributed by atoms with Crippen molar-refractivity contribution in [3.05, 3.63) is 47.8 Å². The number of benzene rings is 2. The molecule has 0 unspecified atom stereocenters. The zero-order valence-electron chi connectivity index (χ0n) is 15.1. The van der Waals surface area contributed by atoms with E-state index in [-0.39, 0.29) is 11.7 Å². The van der Waals surface area contributed by atoms with Crippen LogP contribution in [0.1, 0.15) is 62.5 Å². The number of hydrogen-bond acceptors (Lipinski definition) is 1. The fourth-order valence-electron chi connectivity index (χ4n) is 4.22. The van der Waals surface area contributed by atoms with Gasteiger partial charge in [-0.3, -0.25) is 0 Å². The first kappa shape index (κ1) is 18.8. The molecule has 1 aliphatic carbocycles. The summed E-state index contributed by atoms with van der Waals surface area (Å²) in [5, 5.41) is 1.00. The Balaban J connectivity index is 2.02. The Hall–Kier alpha value is -1.97. The zero-order valence-corrected chi connectivity index (χ0v) is 15.1. The molecule has 140 valence electrons. The van der Waals surface area contributed by atoms with E-state index in [9.17, 15) is 8.78 Å². The lowest BCUT2D eigenvalue weighted by atomic mass is 9.76. The van der Waals surface area contributed by atoms with Crippen molar-refractivity contribution in [2.24, 2.45) is 5.92 Å². The van der Waals surface area contributed by atoms with E-state index in [0.717, 1.165) is 37.7 Å². The Labute approximate surface area is 152 Å². The van der Waals surface area contributed by atoms with Crippen molar-refractivity contribution in [2.75, 3.05) is 0 Å². The van der Waals surface area contributed by atoms with E-state index >= 15 is 4.39 Å². The smallest absolute Gasteiger partial charge is 0.387 e. The first-order valence-electron chi connectivity index (χ1n) is 9.36. The molecule has 4 heteroatoms. The molecule has 0 aromatic heterocycles. The van der Waals surface area contributed by atoms with Crippen LogP contribution >= 0.6 is 0 Å². The first-order valence-corrected chi connectivity index (χ1v) is 9.36. The molecule has 0 radical (unpaired) electrons. The van der Waals surface area contributed by atoms with Crippen LogP contribution in [0.5, 0.6) is 5.75 Å². The minimum absolute atomic E-state index is 0.0230. The van der Waals surface area contributed by atoms with Crippen molar-refractivity contribution in [1.29, 1.82) is 0 Å². The molecule has 0 aliphatic heterocycles. The zero-order chi connectivity index (χ0) is 18.7. The summed E-state index contributed by atoms with van der Waals surface area (Å²) in [5.41, 5.74) is 1.13. The Morgan fingerprint density at radius 3 is 2.54 bits per heavy atom. The summed E-state index contributed by atoms with van der Waals surface area (Å²) >= 11 is 0. The lowest BCUT2D eigenvalue weighted by Crippen LogP contribution is -2.16. The largest absolute Gasteiger partial charge is 0.434 e. The maximum Gasteiger partial charge on any atom is 0.387 e. The van der Waals surface area contributed by atoms with Gasteiger partial charge in [-0.25, -0.2) is 4.39 Å². The molecule has 1 nitrogen and oxygen atoms in total. The number of halogens is 3. The second-order valence-electron chi connectivity index (χ2n) is 7.17. The maximum atomic E-state index is 15.3. The third-order valence-corrected chi connectivity index (χ3v) is 5.50. The lowest BCUT2D eigenvalue weighted by molar-refractivity contribution is -0.0508. The summed E-state index contributed by atoms with van der Waals surface area (Å²) < 4.78 is 45.9. The van der Waals surface area contributed by atoms with Gasteiger partial charge >= 0.3 is 6.61 Å². The van der Waals surface area contributed by atoms with Gasteiger partial charge in [-0.05, 0) is 60.6 Å². The van der Waals surface area contributed by atoms with Crippen molar-refractivity contribution in [2.45, 2.75) is 58.0 Å². The van der Waals surface area contributed by atoms with Crippen LogP contribution in [0, 0.1) is 11.7 Å². The third-order valence-electron chi connectivity index (χ3n) is 5.50. The lowest BCUT2D eigenvalue weighted by Gasteiger charge is -2.30. The number of ether oxygens (including phenoxy) is 1. The van der Waals surface area contributed by atoms with E-state index in [1.165, 1.54) is 6.42 Å². The highest BCUT2D eigenvalue weighted by Gasteiger charge is 2.28. The second-order valence-corrected chi connectivity index (χ2v) is 7.17. The molecule has 1 fully saturated rings. The van der Waals surface area contributed by atoms with Gasteiger partial charge < -0.3 is 4.74 Å². The molecule has 1 aliphatic rings. The molecular formula is C22H25F3O. The van der Waals surface area contributed by atoms with Crippen LogP contribution in [0.15, 0.2) is 30.8 Å². The summed E-state index contributed by atoms with van der Waals surface area (Å²) in [6, 6.07) is 6.77. The second kappa shape index (κ2) is 8.15. The Bertz CT molecular complexity index is 777. The molecule has 3 rings (SSSR count). The molecule has 0 atom stereocenters. The topological polar surface area (TPSA) is 9.23 Å². The van der Waals surface area contributed by atoms with Crippen LogP contribution in [0.2, 0.25) is 0 Å². The Morgan fingerprint density at radius 2 is 1.92 bits per heavy atom. The van der Waals surface area contributed by atoms with Crippen LogP contribution in [0.3, 0.4) is 0 Å². The summed E-state index contributed by atoms with van der Waals surface area (Å²) in [7, 11) is 0. The summed E-state index contributed by atoms with van der Waals surface area (Å²) in [4.78, 5) is 0. The van der Waals surface area contributed by atoms with Gasteiger partial charge in [-0.15, -0.1) is 0 Å². The monoisotopic (exact) mass is 362 g/mol. The standard InChI is InChI=1S/C22H25F3O/c1-3-5-15-6-9-16(10-7-15)20-19(26-22(24)25)13-17-12-14(4-2)8-11-18(17)21(20)23/h4,8,11-13,15-16,22H,2-3,5-7,9-10H2,1H3. The predicted molar refractivity (Wildman–Crippen MR) is 100 cm³/mol. The number of alkyl halides is 2. The van der Waals surface area contributed by atoms with Gasteiger partial charge in [-0.2, -0.15) is 8.78 Å². The summed E-state index contributed by atoms with van der Waals surface area (Å²) in [6.07, 6.45) is 7.63. The Morgan fingerprint density at radius 1 is 1.19 bits per heavy atom. The van der Waals surface area contributed by atoms with E-state index in [0.29, 0.717) is 22.3 Å². The van der Waals surface area contributed by atoms with Crippen LogP contribution in [-0.2, 0) is 0 Å². The third kappa shape index (κ3) is 3.89. The van der Waals surface area contributed by atoms with Gasteiger partial charge in [-0.1, -0.05) is 44.6 Å². The van der Waals surface area contributed by atoms with Crippen molar-refractivity contribution < 1.29 is 17.9 Å². The van der Waals surface area contributed by atoms with Crippen molar-refractivity contribution >= 4 is 16.8 Å². The van der Waals surface area contributed by atoms with Gasteiger partial charge in [0.2, 0.25) is 0 Å². The van der Waals surface area contributed by atoms with Crippen molar-refractivity contribution in [3.8, 4) is 5.75 Å². The quantitative estimate of drug-likeness (QED) is 0.524. The highest BCUT2D eigenvalue weighted by molar-refractivity contribution is 5.88. The average Bonchev–Trinajstić information content (AvgIpc) is 2.62. The predicted octanol–water partition coefficient (Wildman–Crippen LogP) is 7.30. The first-order chi connectivity index (χ1) is 12.5. The van der Waals surface area contributed by atoms with E-state index < -0.39 is 12.4 Å². The molecular weight excluding hydrogens is 337 g/mol. The van der Waals surface area contributed by atoms with Crippen molar-refractivity contribution in [3.63, 3.8) is 0 Å². The minimum atomic E-state index is -2.97. The van der Waals surface area contributed by atoms with E-state index in [4.69, 9.17) is 4.74 Å². The fourth-order valence-corrected chi connectivity index (χ4v) is 4.22. The van der Waals surface area contributed by atoms with Crippen molar-refractivity contribution in [1.82, 2.24) is 0 Å². The van der Waals surface area contributed by atoms with E-state index in [2.05, 4.69) is 13.5 Å². The van der Waals surface area contributed by atoms with Crippen LogP contribution in [0.25, 0.3) is 16.8 Å². The van der Waals surface area contributed by atoms with E-state index in [1.807, 2.05) is 0 Å². The molecule has 0 N–H and O–H groups in total. The molecule has 2 aromatic rings. The summed E-state index contributed by atoms with van der Waals surface area (Å²) in [6.45, 7) is 2.90. The highest BCUT2D eigenvalue weighted by atomic mass is 19.3. The van der Waals surface area contributed by atoms with E-state index in [1.54, 1.807) is 30.3 Å². The van der Waals surface area contributed by atoms with Gasteiger partial charge in [0, 0.05) is 10.9 Å². The SMILES string of the molecule is C=Cc1ccc2c(F)c(C3CCC(CCC)CC3)c(OC(F)F)cc2c1. The van der Waals surface area contributed by atoms with Crippen LogP contribution in [-0.4, -0.2) is 6.61 Å². The Kier molecular flexibility index (Phi) is 5.90. The molecule has 0 spiro atoms. The number of fused-ring (bicyclic) bond motifs is 1. The van der Waals surface area contributed by atoms with Gasteiger partial charge in [0.1, 0.15) is 11.6 Å². The molecule has 0 saturated heterocycles. The number of rotatable bonds is 6. The normalized spacial score (nSPS) is 20.5. The molecule has 0 heterocycles. The highest BCUT2D eigenvalue weighted by Crippen LogP contribution is 2.44. The average molecular weight is 362 g/mol. The molecule has 1 saturated carbocycles. The fraction of sp³-hybridized carbons (Fsp3) is 0.455. The van der Waals surface area contributed by atoms with Gasteiger partial charge in [0.15, 0.2) is 0 Å². The minimum Gasteiger partial charge on any atom is -0.434 e.